The fourth-order valence-corrected chi connectivity index (χ4v) is 3.61. The van der Waals surface area contributed by atoms with Crippen LogP contribution < -0.4 is 5.32 Å². The summed E-state index contributed by atoms with van der Waals surface area (Å²) in [6.07, 6.45) is 6.91. The maximum absolute atomic E-state index is 4.01. The first-order valence-electron chi connectivity index (χ1n) is 6.21. The van der Waals surface area contributed by atoms with Crippen LogP contribution in [-0.4, -0.2) is 23.6 Å². The highest BCUT2D eigenvalue weighted by molar-refractivity contribution is 7.99. The molecule has 1 nitrogen and oxygen atoms in total. The van der Waals surface area contributed by atoms with Crippen LogP contribution in [-0.2, 0) is 0 Å². The number of rotatable bonds is 7. The van der Waals surface area contributed by atoms with Gasteiger partial charge >= 0.3 is 0 Å². The molecule has 1 aliphatic rings. The zero-order chi connectivity index (χ0) is 11.1. The van der Waals surface area contributed by atoms with Crippen molar-refractivity contribution in [2.75, 3.05) is 12.3 Å². The van der Waals surface area contributed by atoms with Gasteiger partial charge in [-0.2, -0.15) is 11.8 Å². The van der Waals surface area contributed by atoms with Crippen molar-refractivity contribution < 1.29 is 0 Å². The molecule has 1 rings (SSSR count). The summed E-state index contributed by atoms with van der Waals surface area (Å²) in [5.41, 5.74) is 1.30. The Kier molecular flexibility index (Phi) is 6.42. The summed E-state index contributed by atoms with van der Waals surface area (Å²) in [5.74, 6) is 1.26. The molecule has 88 valence electrons. The Balaban J connectivity index is 2.20. The highest BCUT2D eigenvalue weighted by Gasteiger charge is 2.17. The molecule has 0 aliphatic heterocycles. The molecular formula is C13H25NS. The number of thioether (sulfide) groups is 1. The largest absolute Gasteiger partial charge is 0.313 e. The van der Waals surface area contributed by atoms with Gasteiger partial charge in [0.2, 0.25) is 0 Å². The first-order valence-corrected chi connectivity index (χ1v) is 7.26. The molecule has 15 heavy (non-hydrogen) atoms. The highest BCUT2D eigenvalue weighted by Crippen LogP contribution is 2.30. The molecule has 1 unspecified atom stereocenters. The maximum Gasteiger partial charge on any atom is 0.0195 e. The van der Waals surface area contributed by atoms with E-state index in [0.717, 1.165) is 18.2 Å². The molecule has 0 bridgehead atoms. The quantitative estimate of drug-likeness (QED) is 0.667. The van der Waals surface area contributed by atoms with E-state index in [1.54, 1.807) is 0 Å². The molecule has 0 radical (unpaired) electrons. The van der Waals surface area contributed by atoms with Gasteiger partial charge in [-0.05, 0) is 32.7 Å². The van der Waals surface area contributed by atoms with Crippen LogP contribution in [0.1, 0.15) is 46.0 Å². The van der Waals surface area contributed by atoms with E-state index in [9.17, 15) is 0 Å². The lowest BCUT2D eigenvalue weighted by Gasteiger charge is -2.19. The molecule has 2 heteroatoms. The number of hydrogen-bond acceptors (Lipinski definition) is 2. The van der Waals surface area contributed by atoms with Crippen molar-refractivity contribution in [1.82, 2.24) is 5.32 Å². The lowest BCUT2D eigenvalue weighted by Crippen LogP contribution is -2.31. The summed E-state index contributed by atoms with van der Waals surface area (Å²) in [4.78, 5) is 0. The zero-order valence-corrected chi connectivity index (χ0v) is 11.0. The van der Waals surface area contributed by atoms with E-state index in [1.165, 1.54) is 37.0 Å². The smallest absolute Gasteiger partial charge is 0.0195 e. The first kappa shape index (κ1) is 13.1. The SMILES string of the molecule is C=C(C)CC(CSC1CCCC1)NCC. The van der Waals surface area contributed by atoms with Gasteiger partial charge in [-0.25, -0.2) is 0 Å². The Bertz CT molecular complexity index is 185. The van der Waals surface area contributed by atoms with Crippen LogP contribution in [0.15, 0.2) is 12.2 Å². The van der Waals surface area contributed by atoms with Crippen molar-refractivity contribution in [3.05, 3.63) is 12.2 Å². The van der Waals surface area contributed by atoms with Gasteiger partial charge in [0.05, 0.1) is 0 Å². The van der Waals surface area contributed by atoms with Crippen molar-refractivity contribution in [1.29, 1.82) is 0 Å². The molecule has 0 aromatic heterocycles. The van der Waals surface area contributed by atoms with Crippen molar-refractivity contribution in [3.8, 4) is 0 Å². The second-order valence-corrected chi connectivity index (χ2v) is 5.99. The van der Waals surface area contributed by atoms with Gasteiger partial charge in [0.1, 0.15) is 0 Å². The third kappa shape index (κ3) is 5.62. The fourth-order valence-electron chi connectivity index (χ4n) is 2.21. The molecule has 1 fully saturated rings. The normalized spacial score (nSPS) is 19.3. The van der Waals surface area contributed by atoms with Crippen molar-refractivity contribution in [2.45, 2.75) is 57.2 Å². The Hall–Kier alpha value is 0.0500. The predicted octanol–water partition coefficient (Wildman–Crippen LogP) is 3.61. The molecule has 1 saturated carbocycles. The minimum Gasteiger partial charge on any atom is -0.313 e. The molecule has 1 N–H and O–H groups in total. The summed E-state index contributed by atoms with van der Waals surface area (Å²) in [6, 6.07) is 0.637. The Morgan fingerprint density at radius 2 is 2.13 bits per heavy atom. The Morgan fingerprint density at radius 3 is 2.67 bits per heavy atom. The third-order valence-electron chi connectivity index (χ3n) is 2.92. The molecular weight excluding hydrogens is 202 g/mol. The number of hydrogen-bond donors (Lipinski definition) is 1. The van der Waals surface area contributed by atoms with Crippen LogP contribution in [0.5, 0.6) is 0 Å². The number of nitrogens with one attached hydrogen (secondary N) is 1. The van der Waals surface area contributed by atoms with Crippen LogP contribution in [0.3, 0.4) is 0 Å². The van der Waals surface area contributed by atoms with E-state index in [4.69, 9.17) is 0 Å². The summed E-state index contributed by atoms with van der Waals surface area (Å²) in [6.45, 7) is 9.40. The fraction of sp³-hybridized carbons (Fsp3) is 0.846. The third-order valence-corrected chi connectivity index (χ3v) is 4.46. The van der Waals surface area contributed by atoms with Crippen molar-refractivity contribution in [2.24, 2.45) is 0 Å². The van der Waals surface area contributed by atoms with Crippen molar-refractivity contribution >= 4 is 11.8 Å². The standard InChI is InChI=1S/C13H25NS/c1-4-14-12(9-11(2)3)10-15-13-7-5-6-8-13/h12-14H,2,4-10H2,1,3H3. The predicted molar refractivity (Wildman–Crippen MR) is 71.6 cm³/mol. The summed E-state index contributed by atoms with van der Waals surface area (Å²) in [7, 11) is 0. The molecule has 1 atom stereocenters. The summed E-state index contributed by atoms with van der Waals surface area (Å²) in [5, 5.41) is 4.50. The van der Waals surface area contributed by atoms with Crippen LogP contribution in [0.4, 0.5) is 0 Å². The van der Waals surface area contributed by atoms with Gasteiger partial charge in [-0.15, -0.1) is 6.58 Å². The van der Waals surface area contributed by atoms with E-state index in [0.29, 0.717) is 6.04 Å². The molecule has 0 amide bonds. The van der Waals surface area contributed by atoms with Gasteiger partial charge in [0.25, 0.3) is 0 Å². The lowest BCUT2D eigenvalue weighted by molar-refractivity contribution is 0.570. The molecule has 0 spiro atoms. The molecule has 1 aliphatic carbocycles. The van der Waals surface area contributed by atoms with E-state index in [-0.39, 0.29) is 0 Å². The van der Waals surface area contributed by atoms with Gasteiger partial charge in [0, 0.05) is 17.0 Å². The summed E-state index contributed by atoms with van der Waals surface area (Å²) >= 11 is 2.17. The molecule has 0 aromatic rings. The van der Waals surface area contributed by atoms with Crippen LogP contribution in [0, 0.1) is 0 Å². The van der Waals surface area contributed by atoms with Gasteiger partial charge in [-0.3, -0.25) is 0 Å². The van der Waals surface area contributed by atoms with E-state index >= 15 is 0 Å². The van der Waals surface area contributed by atoms with Crippen LogP contribution in [0.2, 0.25) is 0 Å². The second kappa shape index (κ2) is 7.34. The highest BCUT2D eigenvalue weighted by atomic mass is 32.2. The Morgan fingerprint density at radius 1 is 1.47 bits per heavy atom. The van der Waals surface area contributed by atoms with Gasteiger partial charge in [0.15, 0.2) is 0 Å². The maximum atomic E-state index is 4.01. The first-order chi connectivity index (χ1) is 7.22. The average Bonchev–Trinajstić information content (AvgIpc) is 2.66. The Labute approximate surface area is 99.1 Å². The van der Waals surface area contributed by atoms with Crippen molar-refractivity contribution in [3.63, 3.8) is 0 Å². The van der Waals surface area contributed by atoms with E-state index in [1.807, 2.05) is 0 Å². The van der Waals surface area contributed by atoms with E-state index in [2.05, 4.69) is 37.5 Å². The van der Waals surface area contributed by atoms with Crippen LogP contribution in [0.25, 0.3) is 0 Å². The topological polar surface area (TPSA) is 12.0 Å². The summed E-state index contributed by atoms with van der Waals surface area (Å²) < 4.78 is 0. The average molecular weight is 227 g/mol. The lowest BCUT2D eigenvalue weighted by atomic mass is 10.1. The van der Waals surface area contributed by atoms with E-state index < -0.39 is 0 Å². The second-order valence-electron chi connectivity index (χ2n) is 4.66. The van der Waals surface area contributed by atoms with Crippen LogP contribution >= 0.6 is 11.8 Å². The molecule has 0 aromatic carbocycles. The molecule has 0 heterocycles. The van der Waals surface area contributed by atoms with Gasteiger partial charge < -0.3 is 5.32 Å². The zero-order valence-electron chi connectivity index (χ0n) is 10.2. The minimum atomic E-state index is 0.637. The molecule has 0 saturated heterocycles. The monoisotopic (exact) mass is 227 g/mol. The van der Waals surface area contributed by atoms with Gasteiger partial charge in [-0.1, -0.05) is 25.3 Å². The minimum absolute atomic E-state index is 0.637.